The van der Waals surface area contributed by atoms with Gasteiger partial charge in [-0.05, 0) is 43.0 Å². The minimum atomic E-state index is -1.09. The third-order valence-electron chi connectivity index (χ3n) is 2.61. The SMILES string of the molecule is Cc1cc(F)cc(NC(=O)NC(CC(C)C)C(=O)O)c1. The lowest BCUT2D eigenvalue weighted by Gasteiger charge is -2.17. The number of amides is 2. The van der Waals surface area contributed by atoms with E-state index in [1.54, 1.807) is 13.0 Å². The van der Waals surface area contributed by atoms with Crippen molar-refractivity contribution in [2.24, 2.45) is 5.92 Å². The average Bonchev–Trinajstić information content (AvgIpc) is 2.25. The Morgan fingerprint density at radius 1 is 1.30 bits per heavy atom. The molecule has 20 heavy (non-hydrogen) atoms. The Labute approximate surface area is 117 Å². The van der Waals surface area contributed by atoms with E-state index in [4.69, 9.17) is 5.11 Å². The van der Waals surface area contributed by atoms with Gasteiger partial charge in [-0.25, -0.2) is 14.0 Å². The van der Waals surface area contributed by atoms with Crippen LogP contribution in [0, 0.1) is 18.7 Å². The largest absolute Gasteiger partial charge is 0.480 e. The van der Waals surface area contributed by atoms with E-state index in [0.29, 0.717) is 12.0 Å². The van der Waals surface area contributed by atoms with Gasteiger partial charge >= 0.3 is 12.0 Å². The predicted octanol–water partition coefficient (Wildman–Crippen LogP) is 2.75. The van der Waals surface area contributed by atoms with E-state index in [-0.39, 0.29) is 11.6 Å². The molecule has 0 spiro atoms. The van der Waals surface area contributed by atoms with E-state index in [9.17, 15) is 14.0 Å². The minimum Gasteiger partial charge on any atom is -0.480 e. The van der Waals surface area contributed by atoms with Crippen molar-refractivity contribution in [2.45, 2.75) is 33.2 Å². The number of hydrogen-bond donors (Lipinski definition) is 3. The highest BCUT2D eigenvalue weighted by Gasteiger charge is 2.21. The van der Waals surface area contributed by atoms with Crippen LogP contribution < -0.4 is 10.6 Å². The highest BCUT2D eigenvalue weighted by atomic mass is 19.1. The molecule has 1 rings (SSSR count). The van der Waals surface area contributed by atoms with Crippen molar-refractivity contribution in [1.29, 1.82) is 0 Å². The van der Waals surface area contributed by atoms with Gasteiger partial charge in [-0.15, -0.1) is 0 Å². The molecule has 0 aliphatic carbocycles. The molecule has 1 unspecified atom stereocenters. The number of anilines is 1. The molecule has 110 valence electrons. The number of carbonyl (C=O) groups is 2. The Kier molecular flexibility index (Phi) is 5.49. The van der Waals surface area contributed by atoms with Crippen LogP contribution >= 0.6 is 0 Å². The van der Waals surface area contributed by atoms with Crippen LogP contribution in [0.15, 0.2) is 18.2 Å². The van der Waals surface area contributed by atoms with Crippen LogP contribution in [0.4, 0.5) is 14.9 Å². The Morgan fingerprint density at radius 3 is 2.45 bits per heavy atom. The summed E-state index contributed by atoms with van der Waals surface area (Å²) in [5.74, 6) is -1.42. The molecule has 0 heterocycles. The van der Waals surface area contributed by atoms with Gasteiger partial charge in [0.1, 0.15) is 11.9 Å². The summed E-state index contributed by atoms with van der Waals surface area (Å²) in [5.41, 5.74) is 0.950. The highest BCUT2D eigenvalue weighted by molar-refractivity contribution is 5.92. The number of rotatable bonds is 5. The number of carbonyl (C=O) groups excluding carboxylic acids is 1. The van der Waals surface area contributed by atoms with Crippen LogP contribution in [-0.4, -0.2) is 23.1 Å². The van der Waals surface area contributed by atoms with Crippen LogP contribution in [0.5, 0.6) is 0 Å². The quantitative estimate of drug-likeness (QED) is 0.777. The third kappa shape index (κ3) is 5.26. The molecule has 0 aliphatic rings. The third-order valence-corrected chi connectivity index (χ3v) is 2.61. The number of aliphatic carboxylic acids is 1. The zero-order chi connectivity index (χ0) is 15.3. The van der Waals surface area contributed by atoms with Gasteiger partial charge in [0.15, 0.2) is 0 Å². The number of hydrogen-bond acceptors (Lipinski definition) is 2. The molecule has 6 heteroatoms. The lowest BCUT2D eigenvalue weighted by atomic mass is 10.0. The number of nitrogens with one attached hydrogen (secondary N) is 2. The lowest BCUT2D eigenvalue weighted by molar-refractivity contribution is -0.139. The molecule has 1 aromatic carbocycles. The fraction of sp³-hybridized carbons (Fsp3) is 0.429. The van der Waals surface area contributed by atoms with E-state index < -0.39 is 23.9 Å². The first-order valence-corrected chi connectivity index (χ1v) is 6.35. The van der Waals surface area contributed by atoms with Gasteiger partial charge in [-0.3, -0.25) is 0 Å². The standard InChI is InChI=1S/C14H19FN2O3/c1-8(2)4-12(13(18)19)17-14(20)16-11-6-9(3)5-10(15)7-11/h5-8,12H,4H2,1-3H3,(H,18,19)(H2,16,17,20). The van der Waals surface area contributed by atoms with E-state index >= 15 is 0 Å². The second-order valence-corrected chi connectivity index (χ2v) is 5.14. The summed E-state index contributed by atoms with van der Waals surface area (Å²) in [5, 5.41) is 13.8. The number of carboxylic acids is 1. The summed E-state index contributed by atoms with van der Waals surface area (Å²) in [6, 6.07) is 2.47. The molecule has 0 fully saturated rings. The first-order valence-electron chi connectivity index (χ1n) is 6.35. The molecule has 3 N–H and O–H groups in total. The summed E-state index contributed by atoms with van der Waals surface area (Å²) in [7, 11) is 0. The van der Waals surface area contributed by atoms with Crippen molar-refractivity contribution >= 4 is 17.7 Å². The molecular weight excluding hydrogens is 263 g/mol. The van der Waals surface area contributed by atoms with Gasteiger partial charge in [0, 0.05) is 5.69 Å². The van der Waals surface area contributed by atoms with Crippen LogP contribution in [0.25, 0.3) is 0 Å². The van der Waals surface area contributed by atoms with Crippen LogP contribution in [-0.2, 0) is 4.79 Å². The van der Waals surface area contributed by atoms with Gasteiger partial charge in [0.05, 0.1) is 0 Å². The van der Waals surface area contributed by atoms with E-state index in [1.165, 1.54) is 12.1 Å². The summed E-state index contributed by atoms with van der Waals surface area (Å²) in [6.07, 6.45) is 0.324. The smallest absolute Gasteiger partial charge is 0.326 e. The molecule has 2 amide bonds. The monoisotopic (exact) mass is 282 g/mol. The molecule has 0 aliphatic heterocycles. The Balaban J connectivity index is 2.68. The number of benzene rings is 1. The van der Waals surface area contributed by atoms with Crippen molar-refractivity contribution < 1.29 is 19.1 Å². The van der Waals surface area contributed by atoms with E-state index in [2.05, 4.69) is 10.6 Å². The normalized spacial score (nSPS) is 12.1. The summed E-state index contributed by atoms with van der Waals surface area (Å²) < 4.78 is 13.2. The first-order chi connectivity index (χ1) is 9.27. The average molecular weight is 282 g/mol. The van der Waals surface area contributed by atoms with Crippen molar-refractivity contribution in [3.63, 3.8) is 0 Å². The molecule has 0 radical (unpaired) electrons. The van der Waals surface area contributed by atoms with Crippen LogP contribution in [0.1, 0.15) is 25.8 Å². The predicted molar refractivity (Wildman–Crippen MR) is 74.2 cm³/mol. The molecule has 5 nitrogen and oxygen atoms in total. The van der Waals surface area contributed by atoms with Gasteiger partial charge in [-0.1, -0.05) is 13.8 Å². The fourth-order valence-electron chi connectivity index (χ4n) is 1.83. The molecular formula is C14H19FN2O3. The molecule has 1 atom stereocenters. The van der Waals surface area contributed by atoms with E-state index in [1.807, 2.05) is 13.8 Å². The summed E-state index contributed by atoms with van der Waals surface area (Å²) in [4.78, 5) is 22.8. The van der Waals surface area contributed by atoms with Crippen molar-refractivity contribution in [1.82, 2.24) is 5.32 Å². The van der Waals surface area contributed by atoms with Gasteiger partial charge in [0.2, 0.25) is 0 Å². The second-order valence-electron chi connectivity index (χ2n) is 5.14. The van der Waals surface area contributed by atoms with Gasteiger partial charge < -0.3 is 15.7 Å². The first kappa shape index (κ1) is 15.9. The number of halogens is 1. The minimum absolute atomic E-state index is 0.132. The van der Waals surface area contributed by atoms with Gasteiger partial charge in [0.25, 0.3) is 0 Å². The number of aryl methyl sites for hydroxylation is 1. The second kappa shape index (κ2) is 6.88. The van der Waals surface area contributed by atoms with Crippen LogP contribution in [0.3, 0.4) is 0 Å². The van der Waals surface area contributed by atoms with Crippen molar-refractivity contribution in [2.75, 3.05) is 5.32 Å². The molecule has 0 aromatic heterocycles. The van der Waals surface area contributed by atoms with Crippen LogP contribution in [0.2, 0.25) is 0 Å². The molecule has 0 saturated heterocycles. The molecule has 1 aromatic rings. The summed E-state index contributed by atoms with van der Waals surface area (Å²) >= 11 is 0. The maximum absolute atomic E-state index is 13.2. The summed E-state index contributed by atoms with van der Waals surface area (Å²) in [6.45, 7) is 5.43. The fourth-order valence-corrected chi connectivity index (χ4v) is 1.83. The highest BCUT2D eigenvalue weighted by Crippen LogP contribution is 2.13. The zero-order valence-electron chi connectivity index (χ0n) is 11.7. The lowest BCUT2D eigenvalue weighted by Crippen LogP contribution is -2.43. The van der Waals surface area contributed by atoms with Gasteiger partial charge in [-0.2, -0.15) is 0 Å². The molecule has 0 saturated carbocycles. The molecule has 0 bridgehead atoms. The van der Waals surface area contributed by atoms with Crippen molar-refractivity contribution in [3.8, 4) is 0 Å². The number of carboxylic acid groups (broad SMARTS) is 1. The van der Waals surface area contributed by atoms with E-state index in [0.717, 1.165) is 0 Å². The topological polar surface area (TPSA) is 78.4 Å². The number of urea groups is 1. The Hall–Kier alpha value is -2.11. The zero-order valence-corrected chi connectivity index (χ0v) is 11.7. The Morgan fingerprint density at radius 2 is 1.95 bits per heavy atom. The van der Waals surface area contributed by atoms with Crippen molar-refractivity contribution in [3.05, 3.63) is 29.6 Å². The maximum atomic E-state index is 13.2. The maximum Gasteiger partial charge on any atom is 0.326 e. The Bertz CT molecular complexity index is 483.